The van der Waals surface area contributed by atoms with Gasteiger partial charge in [0.05, 0.1) is 4.47 Å². The highest BCUT2D eigenvalue weighted by Gasteiger charge is 2.22. The first-order valence-electron chi connectivity index (χ1n) is 6.37. The Morgan fingerprint density at radius 2 is 2.00 bits per heavy atom. The Balaban J connectivity index is 3.01. The number of halogens is 3. The van der Waals surface area contributed by atoms with Crippen LogP contribution in [-0.4, -0.2) is 28.7 Å². The second kappa shape index (κ2) is 8.00. The van der Waals surface area contributed by atoms with Crippen LogP contribution in [0, 0.1) is 5.82 Å². The van der Waals surface area contributed by atoms with E-state index in [2.05, 4.69) is 45.7 Å². The standard InChI is InChI=1S/C14H18Br2FNO/c1-3-11(4-2)18(8-7-15)14(19)10-5-6-13(17)12(16)9-10/h5-6,9,11H,3-4,7-8H2,1-2H3. The molecule has 0 atom stereocenters. The lowest BCUT2D eigenvalue weighted by atomic mass is 10.1. The van der Waals surface area contributed by atoms with Crippen molar-refractivity contribution in [2.45, 2.75) is 32.7 Å². The molecule has 2 nitrogen and oxygen atoms in total. The van der Waals surface area contributed by atoms with Crippen molar-refractivity contribution in [3.05, 3.63) is 34.1 Å². The van der Waals surface area contributed by atoms with E-state index in [9.17, 15) is 9.18 Å². The molecule has 1 rings (SSSR count). The van der Waals surface area contributed by atoms with Gasteiger partial charge in [0.2, 0.25) is 0 Å². The Hall–Kier alpha value is -0.420. The number of benzene rings is 1. The molecule has 0 heterocycles. The minimum absolute atomic E-state index is 0.0474. The highest BCUT2D eigenvalue weighted by molar-refractivity contribution is 9.10. The van der Waals surface area contributed by atoms with E-state index in [1.165, 1.54) is 12.1 Å². The van der Waals surface area contributed by atoms with Crippen molar-refractivity contribution >= 4 is 37.8 Å². The van der Waals surface area contributed by atoms with Gasteiger partial charge in [-0.3, -0.25) is 4.79 Å². The van der Waals surface area contributed by atoms with Crippen molar-refractivity contribution in [3.8, 4) is 0 Å². The molecule has 0 aromatic heterocycles. The lowest BCUT2D eigenvalue weighted by Crippen LogP contribution is -2.41. The molecule has 106 valence electrons. The van der Waals surface area contributed by atoms with E-state index in [4.69, 9.17) is 0 Å². The largest absolute Gasteiger partial charge is 0.335 e. The number of carbonyl (C=O) groups excluding carboxylic acids is 1. The van der Waals surface area contributed by atoms with Gasteiger partial charge in [0, 0.05) is 23.5 Å². The fraction of sp³-hybridized carbons (Fsp3) is 0.500. The predicted molar refractivity (Wildman–Crippen MR) is 83.3 cm³/mol. The van der Waals surface area contributed by atoms with Gasteiger partial charge in [-0.2, -0.15) is 0 Å². The summed E-state index contributed by atoms with van der Waals surface area (Å²) in [4.78, 5) is 14.4. The molecule has 0 aliphatic rings. The van der Waals surface area contributed by atoms with E-state index in [-0.39, 0.29) is 17.8 Å². The maximum Gasteiger partial charge on any atom is 0.254 e. The fourth-order valence-electron chi connectivity index (χ4n) is 2.07. The molecule has 0 saturated heterocycles. The van der Waals surface area contributed by atoms with Crippen LogP contribution >= 0.6 is 31.9 Å². The summed E-state index contributed by atoms with van der Waals surface area (Å²) in [6, 6.07) is 4.61. The highest BCUT2D eigenvalue weighted by Crippen LogP contribution is 2.20. The van der Waals surface area contributed by atoms with Gasteiger partial charge in [-0.15, -0.1) is 0 Å². The molecule has 0 saturated carbocycles. The lowest BCUT2D eigenvalue weighted by molar-refractivity contribution is 0.0683. The van der Waals surface area contributed by atoms with E-state index in [0.717, 1.165) is 18.2 Å². The number of amides is 1. The Morgan fingerprint density at radius 1 is 1.37 bits per heavy atom. The Morgan fingerprint density at radius 3 is 2.47 bits per heavy atom. The fourth-order valence-corrected chi connectivity index (χ4v) is 2.83. The van der Waals surface area contributed by atoms with Crippen molar-refractivity contribution < 1.29 is 9.18 Å². The van der Waals surface area contributed by atoms with Crippen LogP contribution in [0.15, 0.2) is 22.7 Å². The summed E-state index contributed by atoms with van der Waals surface area (Å²) in [7, 11) is 0. The Labute approximate surface area is 130 Å². The third-order valence-electron chi connectivity index (χ3n) is 3.14. The van der Waals surface area contributed by atoms with Gasteiger partial charge in [0.1, 0.15) is 5.82 Å². The van der Waals surface area contributed by atoms with Gasteiger partial charge >= 0.3 is 0 Å². The average molecular weight is 395 g/mol. The number of alkyl halides is 1. The first-order valence-corrected chi connectivity index (χ1v) is 8.28. The minimum atomic E-state index is -0.355. The molecule has 1 aromatic carbocycles. The molecule has 0 N–H and O–H groups in total. The van der Waals surface area contributed by atoms with Crippen molar-refractivity contribution in [3.63, 3.8) is 0 Å². The number of rotatable bonds is 6. The number of hydrogen-bond donors (Lipinski definition) is 0. The van der Waals surface area contributed by atoms with Gasteiger partial charge in [0.25, 0.3) is 5.91 Å². The van der Waals surface area contributed by atoms with Crippen LogP contribution in [0.3, 0.4) is 0 Å². The molecule has 1 aromatic rings. The smallest absolute Gasteiger partial charge is 0.254 e. The lowest BCUT2D eigenvalue weighted by Gasteiger charge is -2.30. The van der Waals surface area contributed by atoms with E-state index in [1.54, 1.807) is 6.07 Å². The van der Waals surface area contributed by atoms with Crippen LogP contribution in [0.25, 0.3) is 0 Å². The molecule has 0 bridgehead atoms. The van der Waals surface area contributed by atoms with Gasteiger partial charge in [-0.1, -0.05) is 29.8 Å². The molecule has 0 fully saturated rings. The maximum atomic E-state index is 13.2. The molecule has 0 spiro atoms. The van der Waals surface area contributed by atoms with Crippen LogP contribution in [0.5, 0.6) is 0 Å². The molecule has 1 amide bonds. The van der Waals surface area contributed by atoms with E-state index in [0.29, 0.717) is 16.6 Å². The summed E-state index contributed by atoms with van der Waals surface area (Å²) in [5.74, 6) is -0.403. The first-order chi connectivity index (χ1) is 9.04. The molecule has 0 unspecified atom stereocenters. The predicted octanol–water partition coefficient (Wildman–Crippen LogP) is 4.61. The second-order valence-electron chi connectivity index (χ2n) is 4.29. The van der Waals surface area contributed by atoms with Gasteiger partial charge in [0.15, 0.2) is 0 Å². The van der Waals surface area contributed by atoms with Crippen molar-refractivity contribution in [2.75, 3.05) is 11.9 Å². The third-order valence-corrected chi connectivity index (χ3v) is 4.10. The minimum Gasteiger partial charge on any atom is -0.335 e. The monoisotopic (exact) mass is 393 g/mol. The topological polar surface area (TPSA) is 20.3 Å². The number of carbonyl (C=O) groups is 1. The number of hydrogen-bond acceptors (Lipinski definition) is 1. The quantitative estimate of drug-likeness (QED) is 0.645. The summed E-state index contributed by atoms with van der Waals surface area (Å²) < 4.78 is 13.5. The van der Waals surface area contributed by atoms with E-state index in [1.807, 2.05) is 4.90 Å². The van der Waals surface area contributed by atoms with Crippen molar-refractivity contribution in [2.24, 2.45) is 0 Å². The van der Waals surface area contributed by atoms with Crippen LogP contribution in [0.4, 0.5) is 4.39 Å². The first kappa shape index (κ1) is 16.6. The van der Waals surface area contributed by atoms with Crippen molar-refractivity contribution in [1.82, 2.24) is 4.90 Å². The third kappa shape index (κ3) is 4.28. The molecule has 0 aliphatic heterocycles. The summed E-state index contributed by atoms with van der Waals surface area (Å²) in [5, 5.41) is 0.734. The normalized spacial score (nSPS) is 10.8. The molecular weight excluding hydrogens is 377 g/mol. The molecule has 19 heavy (non-hydrogen) atoms. The summed E-state index contributed by atoms with van der Waals surface area (Å²) in [6.45, 7) is 4.80. The van der Waals surface area contributed by atoms with Crippen LogP contribution in [0.2, 0.25) is 0 Å². The summed E-state index contributed by atoms with van der Waals surface area (Å²) in [6.07, 6.45) is 1.83. The van der Waals surface area contributed by atoms with Gasteiger partial charge < -0.3 is 4.90 Å². The van der Waals surface area contributed by atoms with Crippen LogP contribution < -0.4 is 0 Å². The molecule has 0 aliphatic carbocycles. The molecule has 0 radical (unpaired) electrons. The van der Waals surface area contributed by atoms with Crippen LogP contribution in [-0.2, 0) is 0 Å². The molecular formula is C14H18Br2FNO. The zero-order valence-corrected chi connectivity index (χ0v) is 14.3. The second-order valence-corrected chi connectivity index (χ2v) is 5.93. The SMILES string of the molecule is CCC(CC)N(CCBr)C(=O)c1ccc(F)c(Br)c1. The summed E-state index contributed by atoms with van der Waals surface area (Å²) in [5.41, 5.74) is 0.515. The Bertz CT molecular complexity index is 435. The van der Waals surface area contributed by atoms with E-state index >= 15 is 0 Å². The number of nitrogens with zero attached hydrogens (tertiary/aromatic N) is 1. The zero-order valence-electron chi connectivity index (χ0n) is 11.1. The van der Waals surface area contributed by atoms with Gasteiger partial charge in [-0.25, -0.2) is 4.39 Å². The Kier molecular flexibility index (Phi) is 7.00. The highest BCUT2D eigenvalue weighted by atomic mass is 79.9. The van der Waals surface area contributed by atoms with Crippen molar-refractivity contribution in [1.29, 1.82) is 0 Å². The van der Waals surface area contributed by atoms with E-state index < -0.39 is 0 Å². The summed E-state index contributed by atoms with van der Waals surface area (Å²) >= 11 is 6.50. The van der Waals surface area contributed by atoms with Gasteiger partial charge in [-0.05, 0) is 47.0 Å². The average Bonchev–Trinajstić information content (AvgIpc) is 2.41. The maximum absolute atomic E-state index is 13.2. The zero-order chi connectivity index (χ0) is 14.4. The molecule has 5 heteroatoms. The van der Waals surface area contributed by atoms with Crippen LogP contribution in [0.1, 0.15) is 37.0 Å².